The molecule has 11 nitrogen and oxygen atoms in total. The van der Waals surface area contributed by atoms with Gasteiger partial charge < -0.3 is 24.7 Å². The van der Waals surface area contributed by atoms with Gasteiger partial charge in [-0.05, 0) is 60.5 Å². The molecule has 0 atom stereocenters. The van der Waals surface area contributed by atoms with Crippen molar-refractivity contribution in [2.24, 2.45) is 0 Å². The van der Waals surface area contributed by atoms with Gasteiger partial charge in [-0.25, -0.2) is 4.98 Å². The SMILES string of the molecule is COC(=O)Cn1cnc2c(Nc3c(C)cc(C=CC#N)cc3OC)nc(Nc3ccc(C#N)cc3)nc21. The molecule has 0 bridgehead atoms. The van der Waals surface area contributed by atoms with Crippen LogP contribution in [-0.2, 0) is 16.1 Å². The monoisotopic (exact) mass is 494 g/mol. The third kappa shape index (κ3) is 5.47. The van der Waals surface area contributed by atoms with Crippen LogP contribution in [0.2, 0.25) is 0 Å². The van der Waals surface area contributed by atoms with Crippen molar-refractivity contribution in [3.63, 3.8) is 0 Å². The number of benzene rings is 2. The number of aryl methyl sites for hydroxylation is 1. The Balaban J connectivity index is 1.80. The van der Waals surface area contributed by atoms with E-state index in [1.54, 1.807) is 48.1 Å². The largest absolute Gasteiger partial charge is 0.495 e. The number of allylic oxidation sites excluding steroid dienone is 1. The van der Waals surface area contributed by atoms with Crippen molar-refractivity contribution in [1.29, 1.82) is 10.5 Å². The van der Waals surface area contributed by atoms with Crippen molar-refractivity contribution in [3.05, 3.63) is 65.5 Å². The highest BCUT2D eigenvalue weighted by atomic mass is 16.5. The third-order valence-electron chi connectivity index (χ3n) is 5.40. The number of rotatable bonds is 8. The van der Waals surface area contributed by atoms with Crippen LogP contribution in [0.25, 0.3) is 17.2 Å². The topological polar surface area (TPSA) is 151 Å². The molecule has 0 aliphatic carbocycles. The molecule has 11 heteroatoms. The molecule has 0 aliphatic heterocycles. The zero-order chi connectivity index (χ0) is 26.4. The number of nitriles is 2. The van der Waals surface area contributed by atoms with Gasteiger partial charge in [0.05, 0.1) is 43.9 Å². The van der Waals surface area contributed by atoms with Crippen molar-refractivity contribution in [2.75, 3.05) is 24.9 Å². The number of hydrogen-bond acceptors (Lipinski definition) is 10. The fraction of sp³-hybridized carbons (Fsp3) is 0.154. The Labute approximate surface area is 212 Å². The molecule has 0 fully saturated rings. The highest BCUT2D eigenvalue weighted by Crippen LogP contribution is 2.35. The van der Waals surface area contributed by atoms with E-state index in [1.807, 2.05) is 19.1 Å². The summed E-state index contributed by atoms with van der Waals surface area (Å²) in [5.41, 5.74) is 4.35. The lowest BCUT2D eigenvalue weighted by molar-refractivity contribution is -0.141. The predicted octanol–water partition coefficient (Wildman–Crippen LogP) is 4.21. The number of methoxy groups -OCH3 is 2. The summed E-state index contributed by atoms with van der Waals surface area (Å²) >= 11 is 0. The van der Waals surface area contributed by atoms with Gasteiger partial charge in [0.2, 0.25) is 5.95 Å². The minimum Gasteiger partial charge on any atom is -0.495 e. The second-order valence-corrected chi connectivity index (χ2v) is 7.83. The van der Waals surface area contributed by atoms with Crippen molar-refractivity contribution >= 4 is 46.4 Å². The summed E-state index contributed by atoms with van der Waals surface area (Å²) in [7, 11) is 2.86. The number of ether oxygens (including phenoxy) is 2. The summed E-state index contributed by atoms with van der Waals surface area (Å²) in [6.45, 7) is 1.82. The van der Waals surface area contributed by atoms with Gasteiger partial charge in [0.25, 0.3) is 0 Å². The number of anilines is 4. The Bertz CT molecular complexity index is 1580. The average molecular weight is 495 g/mol. The maximum absolute atomic E-state index is 12.0. The zero-order valence-corrected chi connectivity index (χ0v) is 20.3. The first-order chi connectivity index (χ1) is 17.9. The van der Waals surface area contributed by atoms with E-state index < -0.39 is 5.97 Å². The van der Waals surface area contributed by atoms with Crippen LogP contribution in [0.5, 0.6) is 5.75 Å². The zero-order valence-electron chi connectivity index (χ0n) is 20.3. The maximum Gasteiger partial charge on any atom is 0.325 e. The lowest BCUT2D eigenvalue weighted by Gasteiger charge is -2.16. The number of fused-ring (bicyclic) bond motifs is 1. The minimum absolute atomic E-state index is 0.0813. The summed E-state index contributed by atoms with van der Waals surface area (Å²) in [6.07, 6.45) is 4.58. The van der Waals surface area contributed by atoms with Gasteiger partial charge in [-0.1, -0.05) is 0 Å². The normalized spacial score (nSPS) is 10.6. The van der Waals surface area contributed by atoms with Crippen molar-refractivity contribution in [3.8, 4) is 17.9 Å². The summed E-state index contributed by atoms with van der Waals surface area (Å²) in [5.74, 6) is 0.718. The molecule has 0 spiro atoms. The van der Waals surface area contributed by atoms with Crippen LogP contribution in [0, 0.1) is 29.6 Å². The van der Waals surface area contributed by atoms with Crippen LogP contribution in [0.1, 0.15) is 16.7 Å². The smallest absolute Gasteiger partial charge is 0.325 e. The first-order valence-corrected chi connectivity index (χ1v) is 11.0. The van der Waals surface area contributed by atoms with E-state index in [9.17, 15) is 4.79 Å². The van der Waals surface area contributed by atoms with Gasteiger partial charge in [-0.2, -0.15) is 20.5 Å². The molecule has 2 heterocycles. The predicted molar refractivity (Wildman–Crippen MR) is 137 cm³/mol. The number of hydrogen-bond donors (Lipinski definition) is 2. The third-order valence-corrected chi connectivity index (χ3v) is 5.40. The Hall–Kier alpha value is -5.42. The number of esters is 1. The first kappa shape index (κ1) is 24.7. The minimum atomic E-state index is -0.451. The average Bonchev–Trinajstić information content (AvgIpc) is 3.31. The standard InChI is InChI=1S/C26H22N8O3/c1-16-11-18(5-4-10-27)12-20(36-2)22(16)31-24-23-25(34(15-29-23)14-21(35)37-3)33-26(32-24)30-19-8-6-17(13-28)7-9-19/h4-9,11-12,15H,14H2,1-3H3,(H2,30,31,32,33). The molecule has 2 N–H and O–H groups in total. The highest BCUT2D eigenvalue weighted by Gasteiger charge is 2.18. The quantitative estimate of drug-likeness (QED) is 0.269. The molecular weight excluding hydrogens is 472 g/mol. The highest BCUT2D eigenvalue weighted by molar-refractivity contribution is 5.89. The lowest BCUT2D eigenvalue weighted by atomic mass is 10.1. The van der Waals surface area contributed by atoms with Crippen LogP contribution < -0.4 is 15.4 Å². The van der Waals surface area contributed by atoms with E-state index in [1.165, 1.54) is 19.5 Å². The Morgan fingerprint density at radius 2 is 1.92 bits per heavy atom. The Morgan fingerprint density at radius 1 is 1.14 bits per heavy atom. The van der Waals surface area contributed by atoms with E-state index in [-0.39, 0.29) is 12.5 Å². The fourth-order valence-corrected chi connectivity index (χ4v) is 3.61. The molecular formula is C26H22N8O3. The number of nitrogens with one attached hydrogen (secondary N) is 2. The Kier molecular flexibility index (Phi) is 7.27. The van der Waals surface area contributed by atoms with Gasteiger partial charge in [-0.15, -0.1) is 0 Å². The molecule has 4 rings (SSSR count). The summed E-state index contributed by atoms with van der Waals surface area (Å²) in [4.78, 5) is 25.6. The van der Waals surface area contributed by atoms with Gasteiger partial charge in [0, 0.05) is 11.8 Å². The van der Waals surface area contributed by atoms with Crippen LogP contribution >= 0.6 is 0 Å². The van der Waals surface area contributed by atoms with Gasteiger partial charge in [0.15, 0.2) is 17.0 Å². The number of nitrogens with zero attached hydrogens (tertiary/aromatic N) is 6. The molecule has 0 radical (unpaired) electrons. The second kappa shape index (κ2) is 10.9. The van der Waals surface area contributed by atoms with E-state index in [2.05, 4.69) is 31.7 Å². The molecule has 0 saturated heterocycles. The van der Waals surface area contributed by atoms with Gasteiger partial charge >= 0.3 is 5.97 Å². The van der Waals surface area contributed by atoms with Crippen LogP contribution in [0.3, 0.4) is 0 Å². The van der Waals surface area contributed by atoms with Crippen molar-refractivity contribution in [1.82, 2.24) is 19.5 Å². The lowest BCUT2D eigenvalue weighted by Crippen LogP contribution is -2.12. The maximum atomic E-state index is 12.0. The van der Waals surface area contributed by atoms with Crippen LogP contribution in [-0.4, -0.2) is 39.7 Å². The molecule has 0 saturated carbocycles. The molecule has 184 valence electrons. The molecule has 4 aromatic rings. The van der Waals surface area contributed by atoms with Crippen molar-refractivity contribution in [2.45, 2.75) is 13.5 Å². The van der Waals surface area contributed by atoms with Crippen LogP contribution in [0.4, 0.5) is 23.1 Å². The first-order valence-electron chi connectivity index (χ1n) is 11.0. The molecule has 0 unspecified atom stereocenters. The second-order valence-electron chi connectivity index (χ2n) is 7.83. The Morgan fingerprint density at radius 3 is 2.59 bits per heavy atom. The summed E-state index contributed by atoms with van der Waals surface area (Å²) in [6, 6.07) is 14.6. The summed E-state index contributed by atoms with van der Waals surface area (Å²) < 4.78 is 12.0. The van der Waals surface area contributed by atoms with E-state index in [0.29, 0.717) is 39.7 Å². The number of carbonyl (C=O) groups excluding carboxylic acids is 1. The van der Waals surface area contributed by atoms with E-state index >= 15 is 0 Å². The van der Waals surface area contributed by atoms with Crippen LogP contribution in [0.15, 0.2) is 48.8 Å². The molecule has 37 heavy (non-hydrogen) atoms. The van der Waals surface area contributed by atoms with Gasteiger partial charge in [0.1, 0.15) is 12.3 Å². The molecule has 2 aromatic heterocycles. The number of carbonyl (C=O) groups is 1. The van der Waals surface area contributed by atoms with E-state index in [4.69, 9.17) is 20.0 Å². The molecule has 0 amide bonds. The molecule has 0 aliphatic rings. The molecule has 2 aromatic carbocycles. The fourth-order valence-electron chi connectivity index (χ4n) is 3.61. The van der Waals surface area contributed by atoms with Gasteiger partial charge in [-0.3, -0.25) is 4.79 Å². The van der Waals surface area contributed by atoms with Crippen molar-refractivity contribution < 1.29 is 14.3 Å². The van der Waals surface area contributed by atoms with E-state index in [0.717, 1.165) is 11.1 Å². The number of aromatic nitrogens is 4. The number of imidazole rings is 1. The summed E-state index contributed by atoms with van der Waals surface area (Å²) in [5, 5.41) is 24.3.